The number of carbonyl (C=O) groups is 1. The van der Waals surface area contributed by atoms with Crippen LogP contribution in [0, 0.1) is 5.92 Å². The minimum Gasteiger partial charge on any atom is -0.480 e. The summed E-state index contributed by atoms with van der Waals surface area (Å²) in [5, 5.41) is 8.90. The van der Waals surface area contributed by atoms with E-state index in [4.69, 9.17) is 9.84 Å². The highest BCUT2D eigenvalue weighted by atomic mass is 32.2. The molecule has 17 heavy (non-hydrogen) atoms. The van der Waals surface area contributed by atoms with Gasteiger partial charge in [-0.2, -0.15) is 0 Å². The molecular formula is C10H21NO5S. The molecule has 0 heterocycles. The fraction of sp³-hybridized carbons (Fsp3) is 0.900. The Labute approximate surface area is 102 Å². The molecule has 0 fully saturated rings. The number of ether oxygens (including phenoxy) is 1. The molecule has 0 aromatic carbocycles. The van der Waals surface area contributed by atoms with E-state index in [2.05, 4.69) is 4.72 Å². The van der Waals surface area contributed by atoms with Crippen molar-refractivity contribution in [1.82, 2.24) is 4.72 Å². The van der Waals surface area contributed by atoms with Crippen LogP contribution in [0.4, 0.5) is 0 Å². The van der Waals surface area contributed by atoms with Gasteiger partial charge in [-0.3, -0.25) is 4.79 Å². The molecule has 1 unspecified atom stereocenters. The lowest BCUT2D eigenvalue weighted by Crippen LogP contribution is -2.42. The second-order valence-electron chi connectivity index (χ2n) is 4.32. The van der Waals surface area contributed by atoms with Gasteiger partial charge in [0.15, 0.2) is 0 Å². The molecule has 7 heteroatoms. The van der Waals surface area contributed by atoms with Crippen LogP contribution < -0.4 is 4.72 Å². The summed E-state index contributed by atoms with van der Waals surface area (Å²) in [5.41, 5.74) is 0. The Morgan fingerprint density at radius 2 is 2.00 bits per heavy atom. The first-order valence-corrected chi connectivity index (χ1v) is 7.15. The van der Waals surface area contributed by atoms with E-state index in [-0.39, 0.29) is 18.1 Å². The van der Waals surface area contributed by atoms with Gasteiger partial charge in [-0.25, -0.2) is 13.1 Å². The molecule has 0 saturated heterocycles. The summed E-state index contributed by atoms with van der Waals surface area (Å²) in [4.78, 5) is 10.9. The number of methoxy groups -OCH3 is 1. The first-order chi connectivity index (χ1) is 7.78. The van der Waals surface area contributed by atoms with Gasteiger partial charge in [0.25, 0.3) is 0 Å². The second-order valence-corrected chi connectivity index (χ2v) is 6.12. The summed E-state index contributed by atoms with van der Waals surface area (Å²) in [6.07, 6.45) is 0.720. The van der Waals surface area contributed by atoms with E-state index in [0.29, 0.717) is 13.0 Å². The lowest BCUT2D eigenvalue weighted by Gasteiger charge is -2.15. The third-order valence-corrected chi connectivity index (χ3v) is 3.76. The average molecular weight is 267 g/mol. The quantitative estimate of drug-likeness (QED) is 0.591. The van der Waals surface area contributed by atoms with Gasteiger partial charge in [-0.1, -0.05) is 13.8 Å². The standard InChI is InChI=1S/C10H21NO5S/c1-8(2)7-17(14,15)11-9(10(12)13)5-4-6-16-3/h8-9,11H,4-7H2,1-3H3,(H,12,13). The van der Waals surface area contributed by atoms with Crippen LogP contribution in [0.1, 0.15) is 26.7 Å². The van der Waals surface area contributed by atoms with Crippen LogP contribution in [0.3, 0.4) is 0 Å². The van der Waals surface area contributed by atoms with Crippen molar-refractivity contribution in [1.29, 1.82) is 0 Å². The van der Waals surface area contributed by atoms with E-state index < -0.39 is 22.0 Å². The SMILES string of the molecule is COCCCC(NS(=O)(=O)CC(C)C)C(=O)O. The molecule has 2 N–H and O–H groups in total. The summed E-state index contributed by atoms with van der Waals surface area (Å²) in [6.45, 7) is 3.94. The van der Waals surface area contributed by atoms with Gasteiger partial charge in [0, 0.05) is 13.7 Å². The first-order valence-electron chi connectivity index (χ1n) is 5.50. The van der Waals surface area contributed by atoms with Crippen molar-refractivity contribution in [3.8, 4) is 0 Å². The summed E-state index contributed by atoms with van der Waals surface area (Å²) in [7, 11) is -2.02. The van der Waals surface area contributed by atoms with Crippen molar-refractivity contribution in [2.75, 3.05) is 19.5 Å². The monoisotopic (exact) mass is 267 g/mol. The maximum absolute atomic E-state index is 11.6. The molecule has 0 aromatic rings. The highest BCUT2D eigenvalue weighted by Gasteiger charge is 2.24. The van der Waals surface area contributed by atoms with Gasteiger partial charge >= 0.3 is 5.97 Å². The van der Waals surface area contributed by atoms with Gasteiger partial charge in [0.2, 0.25) is 10.0 Å². The first kappa shape index (κ1) is 16.3. The zero-order valence-electron chi connectivity index (χ0n) is 10.5. The minimum absolute atomic E-state index is 0.0408. The molecular weight excluding hydrogens is 246 g/mol. The molecule has 0 amide bonds. The van der Waals surface area contributed by atoms with Gasteiger partial charge in [0.05, 0.1) is 5.75 Å². The van der Waals surface area contributed by atoms with Gasteiger partial charge in [0.1, 0.15) is 6.04 Å². The summed E-state index contributed by atoms with van der Waals surface area (Å²) < 4.78 is 30.2. The van der Waals surface area contributed by atoms with Gasteiger partial charge in [-0.15, -0.1) is 0 Å². The molecule has 0 aliphatic rings. The van der Waals surface area contributed by atoms with Crippen molar-refractivity contribution in [2.45, 2.75) is 32.7 Å². The van der Waals surface area contributed by atoms with E-state index in [1.807, 2.05) is 0 Å². The van der Waals surface area contributed by atoms with E-state index in [9.17, 15) is 13.2 Å². The maximum Gasteiger partial charge on any atom is 0.321 e. The Kier molecular flexibility index (Phi) is 7.33. The van der Waals surface area contributed by atoms with Crippen molar-refractivity contribution < 1.29 is 23.1 Å². The number of sulfonamides is 1. The molecule has 0 spiro atoms. The Morgan fingerprint density at radius 3 is 2.41 bits per heavy atom. The zero-order valence-corrected chi connectivity index (χ0v) is 11.3. The van der Waals surface area contributed by atoms with Crippen molar-refractivity contribution in [3.05, 3.63) is 0 Å². The highest BCUT2D eigenvalue weighted by Crippen LogP contribution is 2.04. The molecule has 0 radical (unpaired) electrons. The fourth-order valence-electron chi connectivity index (χ4n) is 1.37. The largest absolute Gasteiger partial charge is 0.480 e. The van der Waals surface area contributed by atoms with Crippen LogP contribution in [0.25, 0.3) is 0 Å². The van der Waals surface area contributed by atoms with Gasteiger partial charge in [-0.05, 0) is 18.8 Å². The Balaban J connectivity index is 4.38. The predicted molar refractivity (Wildman–Crippen MR) is 64.3 cm³/mol. The second kappa shape index (κ2) is 7.62. The van der Waals surface area contributed by atoms with E-state index >= 15 is 0 Å². The van der Waals surface area contributed by atoms with Crippen molar-refractivity contribution >= 4 is 16.0 Å². The van der Waals surface area contributed by atoms with Crippen LogP contribution in [0.5, 0.6) is 0 Å². The van der Waals surface area contributed by atoms with Crippen LogP contribution in [-0.2, 0) is 19.6 Å². The predicted octanol–water partition coefficient (Wildman–Crippen LogP) is 0.442. The maximum atomic E-state index is 11.6. The van der Waals surface area contributed by atoms with Crippen LogP contribution in [0.2, 0.25) is 0 Å². The van der Waals surface area contributed by atoms with Crippen LogP contribution >= 0.6 is 0 Å². The number of carboxylic acids is 1. The Bertz CT molecular complexity index is 326. The molecule has 0 saturated carbocycles. The molecule has 0 rings (SSSR count). The zero-order chi connectivity index (χ0) is 13.5. The lowest BCUT2D eigenvalue weighted by molar-refractivity contribution is -0.139. The summed E-state index contributed by atoms with van der Waals surface area (Å²) >= 11 is 0. The number of nitrogens with one attached hydrogen (secondary N) is 1. The number of carboxylic acid groups (broad SMARTS) is 1. The van der Waals surface area contributed by atoms with E-state index in [0.717, 1.165) is 0 Å². The molecule has 0 bridgehead atoms. The van der Waals surface area contributed by atoms with E-state index in [1.54, 1.807) is 13.8 Å². The number of hydrogen-bond donors (Lipinski definition) is 2. The van der Waals surface area contributed by atoms with E-state index in [1.165, 1.54) is 7.11 Å². The number of hydrogen-bond acceptors (Lipinski definition) is 4. The molecule has 1 atom stereocenters. The third-order valence-electron chi connectivity index (χ3n) is 2.01. The normalized spacial score (nSPS) is 13.9. The molecule has 0 aliphatic carbocycles. The number of aliphatic carboxylic acids is 1. The smallest absolute Gasteiger partial charge is 0.321 e. The summed E-state index contributed by atoms with van der Waals surface area (Å²) in [5.74, 6) is -1.27. The lowest BCUT2D eigenvalue weighted by atomic mass is 10.2. The average Bonchev–Trinajstić information content (AvgIpc) is 2.13. The molecule has 102 valence electrons. The Morgan fingerprint density at radius 1 is 1.41 bits per heavy atom. The summed E-state index contributed by atoms with van der Waals surface area (Å²) in [6, 6.07) is -1.08. The van der Waals surface area contributed by atoms with Crippen LogP contribution in [0.15, 0.2) is 0 Å². The molecule has 6 nitrogen and oxygen atoms in total. The molecule has 0 aromatic heterocycles. The van der Waals surface area contributed by atoms with Crippen molar-refractivity contribution in [2.24, 2.45) is 5.92 Å². The van der Waals surface area contributed by atoms with Crippen molar-refractivity contribution in [3.63, 3.8) is 0 Å². The highest BCUT2D eigenvalue weighted by molar-refractivity contribution is 7.89. The fourth-order valence-corrected chi connectivity index (χ4v) is 2.99. The topological polar surface area (TPSA) is 92.7 Å². The van der Waals surface area contributed by atoms with Crippen LogP contribution in [-0.4, -0.2) is 45.0 Å². The third kappa shape index (κ3) is 8.12. The Hall–Kier alpha value is -0.660. The molecule has 0 aliphatic heterocycles. The number of rotatable bonds is 9. The van der Waals surface area contributed by atoms with Gasteiger partial charge < -0.3 is 9.84 Å². The minimum atomic E-state index is -3.53.